The quantitative estimate of drug-likeness (QED) is 0.749. The number of sulfonamides is 1. The predicted octanol–water partition coefficient (Wildman–Crippen LogP) is 0.867. The molecule has 1 aromatic carbocycles. The molecule has 1 radical (unpaired) electrons. The summed E-state index contributed by atoms with van der Waals surface area (Å²) in [6, 6.07) is 6.24. The fraction of sp³-hybridized carbons (Fsp3) is 0.333. The van der Waals surface area contributed by atoms with Gasteiger partial charge in [0.05, 0.1) is 4.90 Å². The molecule has 0 heterocycles. The van der Waals surface area contributed by atoms with Crippen LogP contribution in [-0.4, -0.2) is 26.8 Å². The van der Waals surface area contributed by atoms with Gasteiger partial charge >= 0.3 is 0 Å². The van der Waals surface area contributed by atoms with Gasteiger partial charge in [0.15, 0.2) is 0 Å². The van der Waals surface area contributed by atoms with Crippen molar-refractivity contribution < 1.29 is 13.5 Å². The Labute approximate surface area is 83.8 Å². The van der Waals surface area contributed by atoms with Gasteiger partial charge in [0.1, 0.15) is 6.61 Å². The third-order valence-corrected chi connectivity index (χ3v) is 3.80. The van der Waals surface area contributed by atoms with Gasteiger partial charge in [-0.1, -0.05) is 18.2 Å². The van der Waals surface area contributed by atoms with Gasteiger partial charge in [-0.15, -0.1) is 0 Å². The third-order valence-electron chi connectivity index (χ3n) is 1.89. The number of nitrogens with zero attached hydrogens (tertiary/aromatic N) is 1. The molecule has 0 atom stereocenters. The third kappa shape index (κ3) is 1.95. The second kappa shape index (κ2) is 4.08. The maximum atomic E-state index is 11.7. The highest BCUT2D eigenvalue weighted by Crippen LogP contribution is 2.18. The van der Waals surface area contributed by atoms with Gasteiger partial charge in [0.2, 0.25) is 10.0 Å². The van der Waals surface area contributed by atoms with Crippen molar-refractivity contribution in [3.8, 4) is 0 Å². The average Bonchev–Trinajstić information content (AvgIpc) is 2.17. The zero-order valence-electron chi connectivity index (χ0n) is 8.10. The van der Waals surface area contributed by atoms with Crippen LogP contribution in [0.2, 0.25) is 0 Å². The van der Waals surface area contributed by atoms with Crippen molar-refractivity contribution in [1.29, 1.82) is 0 Å². The van der Waals surface area contributed by atoms with Crippen molar-refractivity contribution in [1.82, 2.24) is 4.31 Å². The summed E-state index contributed by atoms with van der Waals surface area (Å²) in [7, 11) is -0.604. The fourth-order valence-corrected chi connectivity index (χ4v) is 2.17. The molecule has 4 nitrogen and oxygen atoms in total. The van der Waals surface area contributed by atoms with Crippen molar-refractivity contribution in [3.05, 3.63) is 29.8 Å². The zero-order chi connectivity index (χ0) is 10.8. The minimum atomic E-state index is -3.49. The van der Waals surface area contributed by atoms with E-state index < -0.39 is 16.6 Å². The lowest BCUT2D eigenvalue weighted by Crippen LogP contribution is -2.23. The first-order valence-electron chi connectivity index (χ1n) is 4.08. The smallest absolute Gasteiger partial charge is 0.232 e. The van der Waals surface area contributed by atoms with Crippen molar-refractivity contribution >= 4 is 10.0 Å². The van der Waals surface area contributed by atoms with Crippen molar-refractivity contribution in [2.45, 2.75) is 11.5 Å². The molecule has 0 fully saturated rings. The Bertz CT molecular complexity index is 412. The molecule has 0 aromatic heterocycles. The van der Waals surface area contributed by atoms with E-state index in [1.165, 1.54) is 26.2 Å². The average molecular weight is 214 g/mol. The molecule has 0 saturated carbocycles. The summed E-state index contributed by atoms with van der Waals surface area (Å²) in [5.74, 6) is 0. The molecule has 0 amide bonds. The summed E-state index contributed by atoms with van der Waals surface area (Å²) in [4.78, 5) is 0.0972. The van der Waals surface area contributed by atoms with Crippen LogP contribution in [0.1, 0.15) is 5.56 Å². The standard InChI is InChI=1S/C9H12NO3S/c1-10(2)14(12,13)9-6-4-3-5-8(9)7-11/h3-6H,7H2,1-2H3. The number of hydrogen-bond donors (Lipinski definition) is 0. The number of rotatable bonds is 3. The van der Waals surface area contributed by atoms with E-state index >= 15 is 0 Å². The molecule has 1 rings (SSSR count). The van der Waals surface area contributed by atoms with Crippen molar-refractivity contribution in [3.63, 3.8) is 0 Å². The van der Waals surface area contributed by atoms with Gasteiger partial charge in [0.25, 0.3) is 0 Å². The minimum absolute atomic E-state index is 0.0972. The van der Waals surface area contributed by atoms with Crippen LogP contribution < -0.4 is 0 Å². The van der Waals surface area contributed by atoms with Gasteiger partial charge < -0.3 is 0 Å². The molecule has 0 aliphatic heterocycles. The van der Waals surface area contributed by atoms with E-state index in [9.17, 15) is 13.5 Å². The summed E-state index contributed by atoms with van der Waals surface area (Å²) in [6.07, 6.45) is 0. The molecule has 14 heavy (non-hydrogen) atoms. The molecule has 77 valence electrons. The Kier molecular flexibility index (Phi) is 3.25. The molecule has 0 N–H and O–H groups in total. The van der Waals surface area contributed by atoms with Crippen LogP contribution in [0, 0.1) is 0 Å². The van der Waals surface area contributed by atoms with Crippen LogP contribution in [0.15, 0.2) is 29.2 Å². The second-order valence-electron chi connectivity index (χ2n) is 3.04. The van der Waals surface area contributed by atoms with Crippen LogP contribution in [0.5, 0.6) is 0 Å². The monoisotopic (exact) mass is 214 g/mol. The van der Waals surface area contributed by atoms with E-state index in [1.807, 2.05) is 0 Å². The van der Waals surface area contributed by atoms with E-state index in [0.29, 0.717) is 5.56 Å². The molecular weight excluding hydrogens is 202 g/mol. The van der Waals surface area contributed by atoms with Crippen LogP contribution >= 0.6 is 0 Å². The van der Waals surface area contributed by atoms with Gasteiger partial charge in [-0.2, -0.15) is 0 Å². The largest absolute Gasteiger partial charge is 0.242 e. The Morgan fingerprint density at radius 3 is 2.29 bits per heavy atom. The van der Waals surface area contributed by atoms with Crippen molar-refractivity contribution in [2.24, 2.45) is 0 Å². The summed E-state index contributed by atoms with van der Waals surface area (Å²) in [5, 5.41) is 10.7. The van der Waals surface area contributed by atoms with Crippen LogP contribution in [0.25, 0.3) is 0 Å². The van der Waals surface area contributed by atoms with Gasteiger partial charge in [-0.25, -0.2) is 17.8 Å². The molecule has 5 heteroatoms. The highest BCUT2D eigenvalue weighted by atomic mass is 32.2. The molecule has 0 saturated heterocycles. The van der Waals surface area contributed by atoms with E-state index in [0.717, 1.165) is 4.31 Å². The van der Waals surface area contributed by atoms with Gasteiger partial charge in [-0.05, 0) is 6.07 Å². The Hall–Kier alpha value is -0.910. The lowest BCUT2D eigenvalue weighted by molar-refractivity contribution is 0.175. The first kappa shape index (κ1) is 11.2. The van der Waals surface area contributed by atoms with E-state index in [-0.39, 0.29) is 4.90 Å². The summed E-state index contributed by atoms with van der Waals surface area (Å²) >= 11 is 0. The molecule has 0 aliphatic carbocycles. The summed E-state index contributed by atoms with van der Waals surface area (Å²) in [6.45, 7) is -0.525. The van der Waals surface area contributed by atoms with E-state index in [2.05, 4.69) is 0 Å². The minimum Gasteiger partial charge on any atom is -0.232 e. The van der Waals surface area contributed by atoms with Crippen molar-refractivity contribution in [2.75, 3.05) is 14.1 Å². The maximum Gasteiger partial charge on any atom is 0.242 e. The first-order chi connectivity index (χ1) is 6.50. The Balaban J connectivity index is 3.32. The number of hydrogen-bond acceptors (Lipinski definition) is 2. The molecule has 0 unspecified atom stereocenters. The predicted molar refractivity (Wildman–Crippen MR) is 51.7 cm³/mol. The highest BCUT2D eigenvalue weighted by Gasteiger charge is 2.20. The van der Waals surface area contributed by atoms with Gasteiger partial charge in [0, 0.05) is 19.7 Å². The van der Waals surface area contributed by atoms with E-state index in [1.54, 1.807) is 12.1 Å². The Morgan fingerprint density at radius 1 is 1.21 bits per heavy atom. The second-order valence-corrected chi connectivity index (χ2v) is 5.16. The maximum absolute atomic E-state index is 11.7. The summed E-state index contributed by atoms with van der Waals surface area (Å²) < 4.78 is 24.5. The fourth-order valence-electron chi connectivity index (χ4n) is 1.07. The lowest BCUT2D eigenvalue weighted by atomic mass is 10.2. The lowest BCUT2D eigenvalue weighted by Gasteiger charge is -2.13. The highest BCUT2D eigenvalue weighted by molar-refractivity contribution is 7.89. The Morgan fingerprint density at radius 2 is 1.79 bits per heavy atom. The van der Waals surface area contributed by atoms with Crippen LogP contribution in [0.3, 0.4) is 0 Å². The van der Waals surface area contributed by atoms with Crippen LogP contribution in [-0.2, 0) is 21.7 Å². The first-order valence-corrected chi connectivity index (χ1v) is 5.52. The molecular formula is C9H12NO3S. The molecule has 1 aromatic rings. The van der Waals surface area contributed by atoms with Crippen LogP contribution in [0.4, 0.5) is 0 Å². The topological polar surface area (TPSA) is 57.3 Å². The zero-order valence-corrected chi connectivity index (χ0v) is 8.91. The SMILES string of the molecule is CN(C)S(=O)(=O)c1ccccc1C[O]. The van der Waals surface area contributed by atoms with Gasteiger partial charge in [-0.3, -0.25) is 0 Å². The summed E-state index contributed by atoms with van der Waals surface area (Å²) in [5.41, 5.74) is 0.307. The molecule has 0 aliphatic rings. The molecule has 0 bridgehead atoms. The number of benzene rings is 1. The normalized spacial score (nSPS) is 12.0. The van der Waals surface area contributed by atoms with E-state index in [4.69, 9.17) is 0 Å². The molecule has 0 spiro atoms.